The summed E-state index contributed by atoms with van der Waals surface area (Å²) in [6, 6.07) is 7.52. The zero-order valence-electron chi connectivity index (χ0n) is 16.6. The Kier molecular flexibility index (Phi) is 4.60. The van der Waals surface area contributed by atoms with Gasteiger partial charge in [0.05, 0.1) is 0 Å². The lowest BCUT2D eigenvalue weighted by molar-refractivity contribution is -0.133. The molecule has 1 N–H and O–H groups in total. The number of rotatable bonds is 4. The number of nitrogens with zero attached hydrogens (tertiary/aromatic N) is 4. The molecule has 7 nitrogen and oxygen atoms in total. The van der Waals surface area contributed by atoms with Crippen molar-refractivity contribution < 1.29 is 9.59 Å². The van der Waals surface area contributed by atoms with Crippen molar-refractivity contribution in [2.24, 2.45) is 11.3 Å². The van der Waals surface area contributed by atoms with Crippen molar-refractivity contribution >= 4 is 11.8 Å². The zero-order valence-corrected chi connectivity index (χ0v) is 16.6. The third-order valence-electron chi connectivity index (χ3n) is 7.05. The molecule has 29 heavy (non-hydrogen) atoms. The van der Waals surface area contributed by atoms with Crippen molar-refractivity contribution in [2.75, 3.05) is 13.1 Å². The van der Waals surface area contributed by atoms with Gasteiger partial charge in [-0.05, 0) is 61.8 Å². The third-order valence-corrected chi connectivity index (χ3v) is 7.05. The van der Waals surface area contributed by atoms with Gasteiger partial charge in [-0.3, -0.25) is 14.2 Å². The molecule has 1 saturated heterocycles. The minimum atomic E-state index is 0.0191. The number of nitrogens with one attached hydrogen (secondary N) is 1. The van der Waals surface area contributed by atoms with Crippen LogP contribution >= 0.6 is 0 Å². The van der Waals surface area contributed by atoms with E-state index in [0.29, 0.717) is 24.1 Å². The Hall–Kier alpha value is -2.70. The number of likely N-dealkylation sites (tertiary alicyclic amines) is 1. The van der Waals surface area contributed by atoms with Crippen molar-refractivity contribution in [2.45, 2.75) is 51.0 Å². The molecule has 1 aromatic carbocycles. The number of amides is 2. The Labute approximate surface area is 170 Å². The van der Waals surface area contributed by atoms with E-state index in [1.807, 2.05) is 29.2 Å². The minimum absolute atomic E-state index is 0.0191. The zero-order chi connectivity index (χ0) is 19.8. The molecule has 1 atom stereocenters. The standard InChI is InChI=1S/C22H27N5O2/c28-20(17-11-22(12-17)8-1-2-9-22)25-18-7-10-26(13-18)21(29)16-3-5-19(6-4-16)27-14-23-24-15-27/h3-6,14-15,17-18H,1-2,7-13H2,(H,25,28)/t18-/m1/s1. The van der Waals surface area contributed by atoms with E-state index in [2.05, 4.69) is 15.5 Å². The number of carbonyl (C=O) groups is 2. The van der Waals surface area contributed by atoms with E-state index in [1.165, 1.54) is 25.7 Å². The summed E-state index contributed by atoms with van der Waals surface area (Å²) in [6.45, 7) is 1.28. The summed E-state index contributed by atoms with van der Waals surface area (Å²) >= 11 is 0. The van der Waals surface area contributed by atoms with Gasteiger partial charge in [-0.2, -0.15) is 0 Å². The number of benzene rings is 1. The van der Waals surface area contributed by atoms with E-state index in [0.717, 1.165) is 24.9 Å². The summed E-state index contributed by atoms with van der Waals surface area (Å²) in [5.74, 6) is 0.397. The Balaban J connectivity index is 1.13. The van der Waals surface area contributed by atoms with Crippen molar-refractivity contribution in [3.8, 4) is 5.69 Å². The smallest absolute Gasteiger partial charge is 0.253 e. The van der Waals surface area contributed by atoms with Crippen LogP contribution in [-0.4, -0.2) is 50.6 Å². The van der Waals surface area contributed by atoms with Crippen molar-refractivity contribution in [3.63, 3.8) is 0 Å². The highest BCUT2D eigenvalue weighted by Gasteiger charge is 2.48. The van der Waals surface area contributed by atoms with Crippen LogP contribution in [0.1, 0.15) is 55.3 Å². The quantitative estimate of drug-likeness (QED) is 0.866. The van der Waals surface area contributed by atoms with E-state index in [9.17, 15) is 9.59 Å². The van der Waals surface area contributed by atoms with Gasteiger partial charge in [-0.1, -0.05) is 12.8 Å². The molecule has 2 saturated carbocycles. The molecule has 1 aliphatic heterocycles. The molecule has 0 radical (unpaired) electrons. The first-order valence-electron chi connectivity index (χ1n) is 10.7. The first kappa shape index (κ1) is 18.3. The lowest BCUT2D eigenvalue weighted by Crippen LogP contribution is -2.48. The number of hydrogen-bond acceptors (Lipinski definition) is 4. The lowest BCUT2D eigenvalue weighted by atomic mass is 9.60. The molecule has 1 aromatic heterocycles. The van der Waals surface area contributed by atoms with Gasteiger partial charge in [0.15, 0.2) is 0 Å². The second-order valence-electron chi connectivity index (χ2n) is 8.97. The average molecular weight is 393 g/mol. The maximum absolute atomic E-state index is 12.8. The van der Waals surface area contributed by atoms with Gasteiger partial charge in [0, 0.05) is 36.3 Å². The largest absolute Gasteiger partial charge is 0.351 e. The molecule has 2 amide bonds. The predicted octanol–water partition coefficient (Wildman–Crippen LogP) is 2.57. The second-order valence-corrected chi connectivity index (χ2v) is 8.97. The molecular weight excluding hydrogens is 366 g/mol. The van der Waals surface area contributed by atoms with Crippen LogP contribution in [0.3, 0.4) is 0 Å². The SMILES string of the molecule is O=C(N[C@@H]1CCN(C(=O)c2ccc(-n3cnnc3)cc2)C1)C1CC2(CCCC2)C1. The number of carbonyl (C=O) groups excluding carboxylic acids is 2. The molecule has 3 aliphatic rings. The third kappa shape index (κ3) is 3.54. The molecule has 3 fully saturated rings. The molecule has 2 aromatic rings. The van der Waals surface area contributed by atoms with Crippen LogP contribution in [0.4, 0.5) is 0 Å². The molecular formula is C22H27N5O2. The van der Waals surface area contributed by atoms with Crippen LogP contribution in [0, 0.1) is 11.3 Å². The molecule has 0 unspecified atom stereocenters. The molecule has 2 heterocycles. The average Bonchev–Trinajstić information content (AvgIpc) is 3.47. The first-order valence-corrected chi connectivity index (χ1v) is 10.7. The monoisotopic (exact) mass is 393 g/mol. The second kappa shape index (κ2) is 7.28. The molecule has 152 valence electrons. The summed E-state index contributed by atoms with van der Waals surface area (Å²) < 4.78 is 1.80. The summed E-state index contributed by atoms with van der Waals surface area (Å²) in [4.78, 5) is 27.3. The molecule has 5 rings (SSSR count). The van der Waals surface area contributed by atoms with E-state index in [-0.39, 0.29) is 23.8 Å². The summed E-state index contributed by atoms with van der Waals surface area (Å²) in [6.07, 6.45) is 11.5. The van der Waals surface area contributed by atoms with Crippen molar-refractivity contribution in [1.29, 1.82) is 0 Å². The van der Waals surface area contributed by atoms with Gasteiger partial charge in [0.1, 0.15) is 12.7 Å². The van der Waals surface area contributed by atoms with Crippen molar-refractivity contribution in [1.82, 2.24) is 25.0 Å². The fourth-order valence-electron chi connectivity index (χ4n) is 5.38. The van der Waals surface area contributed by atoms with E-state index >= 15 is 0 Å². The normalized spacial score (nSPS) is 23.3. The predicted molar refractivity (Wildman–Crippen MR) is 107 cm³/mol. The maximum atomic E-state index is 12.8. The van der Waals surface area contributed by atoms with Crippen LogP contribution in [0.25, 0.3) is 5.69 Å². The number of hydrogen-bond donors (Lipinski definition) is 1. The Morgan fingerprint density at radius 2 is 1.72 bits per heavy atom. The van der Waals surface area contributed by atoms with E-state index in [1.54, 1.807) is 17.2 Å². The first-order chi connectivity index (χ1) is 14.1. The Morgan fingerprint density at radius 1 is 1.03 bits per heavy atom. The minimum Gasteiger partial charge on any atom is -0.351 e. The van der Waals surface area contributed by atoms with Crippen LogP contribution in [0.2, 0.25) is 0 Å². The van der Waals surface area contributed by atoms with Crippen LogP contribution < -0.4 is 5.32 Å². The maximum Gasteiger partial charge on any atom is 0.253 e. The fourth-order valence-corrected chi connectivity index (χ4v) is 5.38. The Bertz CT molecular complexity index is 878. The summed E-state index contributed by atoms with van der Waals surface area (Å²) in [5, 5.41) is 10.8. The van der Waals surface area contributed by atoms with Gasteiger partial charge >= 0.3 is 0 Å². The van der Waals surface area contributed by atoms with E-state index in [4.69, 9.17) is 0 Å². The Morgan fingerprint density at radius 3 is 2.41 bits per heavy atom. The fraction of sp³-hybridized carbons (Fsp3) is 0.545. The molecule has 1 spiro atoms. The van der Waals surface area contributed by atoms with Crippen molar-refractivity contribution in [3.05, 3.63) is 42.5 Å². The molecule has 7 heteroatoms. The summed E-state index contributed by atoms with van der Waals surface area (Å²) in [7, 11) is 0. The lowest BCUT2D eigenvalue weighted by Gasteiger charge is -2.44. The van der Waals surface area contributed by atoms with Gasteiger partial charge in [0.25, 0.3) is 5.91 Å². The van der Waals surface area contributed by atoms with E-state index < -0.39 is 0 Å². The topological polar surface area (TPSA) is 80.1 Å². The summed E-state index contributed by atoms with van der Waals surface area (Å²) in [5.41, 5.74) is 2.06. The van der Waals surface area contributed by atoms with Gasteiger partial charge in [-0.25, -0.2) is 0 Å². The number of aromatic nitrogens is 3. The highest BCUT2D eigenvalue weighted by atomic mass is 16.2. The molecule has 0 bridgehead atoms. The van der Waals surface area contributed by atoms with Crippen LogP contribution in [0.15, 0.2) is 36.9 Å². The van der Waals surface area contributed by atoms with Crippen LogP contribution in [0.5, 0.6) is 0 Å². The van der Waals surface area contributed by atoms with Crippen LogP contribution in [-0.2, 0) is 4.79 Å². The molecule has 2 aliphatic carbocycles. The van der Waals surface area contributed by atoms with Gasteiger partial charge in [0.2, 0.25) is 5.91 Å². The van der Waals surface area contributed by atoms with Gasteiger partial charge < -0.3 is 10.2 Å². The highest BCUT2D eigenvalue weighted by Crippen LogP contribution is 2.56. The van der Waals surface area contributed by atoms with Gasteiger partial charge in [-0.15, -0.1) is 10.2 Å². The highest BCUT2D eigenvalue weighted by molar-refractivity contribution is 5.94.